The number of hydrogen-bond donors (Lipinski definition) is 2. The van der Waals surface area contributed by atoms with Gasteiger partial charge in [-0.3, -0.25) is 9.69 Å². The van der Waals surface area contributed by atoms with Crippen molar-refractivity contribution in [3.63, 3.8) is 0 Å². The molecule has 5 heteroatoms. The zero-order valence-electron chi connectivity index (χ0n) is 12.0. The Bertz CT molecular complexity index is 401. The van der Waals surface area contributed by atoms with E-state index < -0.39 is 0 Å². The molecule has 1 aromatic heterocycles. The van der Waals surface area contributed by atoms with Crippen molar-refractivity contribution >= 4 is 5.91 Å². The van der Waals surface area contributed by atoms with Crippen LogP contribution in [-0.2, 0) is 11.3 Å². The van der Waals surface area contributed by atoms with Crippen molar-refractivity contribution in [2.24, 2.45) is 0 Å². The predicted octanol–water partition coefficient (Wildman–Crippen LogP) is 1.52. The van der Waals surface area contributed by atoms with Crippen LogP contribution in [0.1, 0.15) is 38.4 Å². The van der Waals surface area contributed by atoms with Gasteiger partial charge in [0.05, 0.1) is 18.8 Å². The van der Waals surface area contributed by atoms with Crippen LogP contribution in [0.15, 0.2) is 22.8 Å². The van der Waals surface area contributed by atoms with Crippen LogP contribution >= 0.6 is 0 Å². The molecule has 2 N–H and O–H groups in total. The second-order valence-electron chi connectivity index (χ2n) is 5.37. The number of carbonyl (C=O) groups excluding carboxylic acids is 1. The summed E-state index contributed by atoms with van der Waals surface area (Å²) in [5.74, 6) is 0.780. The first-order valence-corrected chi connectivity index (χ1v) is 7.39. The fourth-order valence-electron chi connectivity index (χ4n) is 2.55. The van der Waals surface area contributed by atoms with Crippen LogP contribution in [0.25, 0.3) is 0 Å². The lowest BCUT2D eigenvalue weighted by Crippen LogP contribution is -2.52. The van der Waals surface area contributed by atoms with E-state index in [2.05, 4.69) is 10.2 Å². The Balaban J connectivity index is 1.84. The van der Waals surface area contributed by atoms with Crippen LogP contribution in [-0.4, -0.2) is 41.1 Å². The maximum absolute atomic E-state index is 12.2. The predicted molar refractivity (Wildman–Crippen MR) is 76.1 cm³/mol. The Morgan fingerprint density at radius 1 is 1.60 bits per heavy atom. The normalized spacial score (nSPS) is 16.9. The van der Waals surface area contributed by atoms with E-state index in [9.17, 15) is 4.79 Å². The van der Waals surface area contributed by atoms with Crippen molar-refractivity contribution in [2.45, 2.75) is 51.2 Å². The molecule has 0 saturated heterocycles. The molecule has 5 nitrogen and oxygen atoms in total. The molecule has 20 heavy (non-hydrogen) atoms. The van der Waals surface area contributed by atoms with Gasteiger partial charge in [0.1, 0.15) is 5.76 Å². The van der Waals surface area contributed by atoms with E-state index in [4.69, 9.17) is 9.52 Å². The molecular formula is C15H24N2O3. The van der Waals surface area contributed by atoms with E-state index in [1.165, 1.54) is 6.42 Å². The number of rotatable bonds is 8. The molecular weight excluding hydrogens is 256 g/mol. The fourth-order valence-corrected chi connectivity index (χ4v) is 2.55. The SMILES string of the molecule is CC(C(=O)NCc1ccco1)N(CCCO)C1CCC1. The van der Waals surface area contributed by atoms with Crippen molar-refractivity contribution in [3.05, 3.63) is 24.2 Å². The van der Waals surface area contributed by atoms with E-state index in [-0.39, 0.29) is 18.6 Å². The largest absolute Gasteiger partial charge is 0.467 e. The van der Waals surface area contributed by atoms with Crippen LogP contribution in [0.3, 0.4) is 0 Å². The minimum Gasteiger partial charge on any atom is -0.467 e. The van der Waals surface area contributed by atoms with Gasteiger partial charge in [-0.25, -0.2) is 0 Å². The maximum Gasteiger partial charge on any atom is 0.237 e. The molecule has 1 aliphatic rings. The Hall–Kier alpha value is -1.33. The van der Waals surface area contributed by atoms with Gasteiger partial charge in [0.15, 0.2) is 0 Å². The average molecular weight is 280 g/mol. The Morgan fingerprint density at radius 3 is 2.95 bits per heavy atom. The van der Waals surface area contributed by atoms with Gasteiger partial charge < -0.3 is 14.8 Å². The first kappa shape index (κ1) is 15.1. The number of amides is 1. The fraction of sp³-hybridized carbons (Fsp3) is 0.667. The summed E-state index contributed by atoms with van der Waals surface area (Å²) in [5.41, 5.74) is 0. The first-order valence-electron chi connectivity index (χ1n) is 7.39. The van der Waals surface area contributed by atoms with E-state index in [1.807, 2.05) is 19.1 Å². The van der Waals surface area contributed by atoms with Crippen LogP contribution in [0.5, 0.6) is 0 Å². The summed E-state index contributed by atoms with van der Waals surface area (Å²) in [6, 6.07) is 3.99. The molecule has 1 atom stereocenters. The zero-order valence-corrected chi connectivity index (χ0v) is 12.0. The van der Waals surface area contributed by atoms with Crippen molar-refractivity contribution in [2.75, 3.05) is 13.2 Å². The summed E-state index contributed by atoms with van der Waals surface area (Å²) >= 11 is 0. The van der Waals surface area contributed by atoms with Gasteiger partial charge in [-0.1, -0.05) is 6.42 Å². The number of hydrogen-bond acceptors (Lipinski definition) is 4. The number of nitrogens with zero attached hydrogens (tertiary/aromatic N) is 1. The number of aliphatic hydroxyl groups is 1. The highest BCUT2D eigenvalue weighted by molar-refractivity contribution is 5.81. The van der Waals surface area contributed by atoms with Crippen molar-refractivity contribution in [1.29, 1.82) is 0 Å². The molecule has 1 fully saturated rings. The Kier molecular flexibility index (Phi) is 5.61. The molecule has 0 aliphatic heterocycles. The smallest absolute Gasteiger partial charge is 0.237 e. The molecule has 0 bridgehead atoms. The molecule has 1 heterocycles. The highest BCUT2D eigenvalue weighted by atomic mass is 16.3. The van der Waals surface area contributed by atoms with E-state index >= 15 is 0 Å². The molecule has 0 radical (unpaired) electrons. The lowest BCUT2D eigenvalue weighted by Gasteiger charge is -2.40. The maximum atomic E-state index is 12.2. The van der Waals surface area contributed by atoms with Crippen molar-refractivity contribution < 1.29 is 14.3 Å². The number of carbonyl (C=O) groups is 1. The molecule has 1 amide bonds. The highest BCUT2D eigenvalue weighted by Gasteiger charge is 2.31. The van der Waals surface area contributed by atoms with Gasteiger partial charge in [-0.15, -0.1) is 0 Å². The van der Waals surface area contributed by atoms with Gasteiger partial charge in [0.25, 0.3) is 0 Å². The Labute approximate surface area is 119 Å². The van der Waals surface area contributed by atoms with E-state index in [1.54, 1.807) is 6.26 Å². The molecule has 2 rings (SSSR count). The molecule has 112 valence electrons. The quantitative estimate of drug-likeness (QED) is 0.758. The molecule has 0 spiro atoms. The standard InChI is InChI=1S/C15H24N2O3/c1-12(15(19)16-11-14-7-3-10-20-14)17(8-4-9-18)13-5-2-6-13/h3,7,10,12-13,18H,2,4-6,8-9,11H2,1H3,(H,16,19). The number of aliphatic hydroxyl groups excluding tert-OH is 1. The summed E-state index contributed by atoms with van der Waals surface area (Å²) in [6.07, 6.45) is 5.86. The van der Waals surface area contributed by atoms with Crippen molar-refractivity contribution in [3.8, 4) is 0 Å². The summed E-state index contributed by atoms with van der Waals surface area (Å²) in [7, 11) is 0. The van der Waals surface area contributed by atoms with Gasteiger partial charge >= 0.3 is 0 Å². The lowest BCUT2D eigenvalue weighted by molar-refractivity contribution is -0.127. The van der Waals surface area contributed by atoms with Crippen LogP contribution in [0.4, 0.5) is 0 Å². The molecule has 1 unspecified atom stereocenters. The molecule has 0 aromatic carbocycles. The number of furan rings is 1. The third-order valence-electron chi connectivity index (χ3n) is 4.01. The van der Waals surface area contributed by atoms with Crippen LogP contribution < -0.4 is 5.32 Å². The third kappa shape index (κ3) is 3.84. The van der Waals surface area contributed by atoms with E-state index in [0.717, 1.165) is 25.1 Å². The zero-order chi connectivity index (χ0) is 14.4. The van der Waals surface area contributed by atoms with Gasteiger partial charge in [0.2, 0.25) is 5.91 Å². The molecule has 1 aliphatic carbocycles. The molecule has 1 aromatic rings. The van der Waals surface area contributed by atoms with Gasteiger partial charge in [-0.05, 0) is 38.3 Å². The van der Waals surface area contributed by atoms with Crippen LogP contribution in [0, 0.1) is 0 Å². The minimum absolute atomic E-state index is 0.0197. The lowest BCUT2D eigenvalue weighted by atomic mass is 9.90. The first-order chi connectivity index (χ1) is 9.72. The minimum atomic E-state index is -0.165. The highest BCUT2D eigenvalue weighted by Crippen LogP contribution is 2.26. The van der Waals surface area contributed by atoms with Crippen LogP contribution in [0.2, 0.25) is 0 Å². The average Bonchev–Trinajstić information content (AvgIpc) is 2.90. The van der Waals surface area contributed by atoms with Crippen molar-refractivity contribution in [1.82, 2.24) is 10.2 Å². The summed E-state index contributed by atoms with van der Waals surface area (Å²) in [4.78, 5) is 14.4. The summed E-state index contributed by atoms with van der Waals surface area (Å²) < 4.78 is 5.21. The Morgan fingerprint density at radius 2 is 2.40 bits per heavy atom. The monoisotopic (exact) mass is 280 g/mol. The van der Waals surface area contributed by atoms with Gasteiger partial charge in [0, 0.05) is 19.2 Å². The second-order valence-corrected chi connectivity index (χ2v) is 5.37. The topological polar surface area (TPSA) is 65.7 Å². The number of nitrogens with one attached hydrogen (secondary N) is 1. The second kappa shape index (κ2) is 7.45. The molecule has 1 saturated carbocycles. The summed E-state index contributed by atoms with van der Waals surface area (Å²) in [6.45, 7) is 3.31. The van der Waals surface area contributed by atoms with E-state index in [0.29, 0.717) is 19.0 Å². The summed E-state index contributed by atoms with van der Waals surface area (Å²) in [5, 5.41) is 11.9. The third-order valence-corrected chi connectivity index (χ3v) is 4.01. The van der Waals surface area contributed by atoms with Gasteiger partial charge in [-0.2, -0.15) is 0 Å².